The molecule has 2 aliphatic heterocycles. The number of amides is 4. The lowest BCUT2D eigenvalue weighted by Gasteiger charge is -2.35. The predicted molar refractivity (Wildman–Crippen MR) is 197 cm³/mol. The van der Waals surface area contributed by atoms with Crippen LogP contribution in [0.2, 0.25) is 0 Å². The van der Waals surface area contributed by atoms with E-state index in [2.05, 4.69) is 26.3 Å². The maximum atomic E-state index is 14.1. The molecule has 52 heavy (non-hydrogen) atoms. The summed E-state index contributed by atoms with van der Waals surface area (Å²) in [4.78, 5) is 60.1. The summed E-state index contributed by atoms with van der Waals surface area (Å²) in [5, 5.41) is 23.0. The van der Waals surface area contributed by atoms with Gasteiger partial charge in [0.15, 0.2) is 5.76 Å². The third-order valence-corrected chi connectivity index (χ3v) is 10.5. The maximum Gasteiger partial charge on any atom is 0.287 e. The Balaban J connectivity index is 1.08. The van der Waals surface area contributed by atoms with Gasteiger partial charge in [-0.3, -0.25) is 19.2 Å². The highest BCUT2D eigenvalue weighted by molar-refractivity contribution is 7.13. The van der Waals surface area contributed by atoms with Crippen LogP contribution in [0.3, 0.4) is 0 Å². The zero-order valence-corrected chi connectivity index (χ0v) is 30.8. The summed E-state index contributed by atoms with van der Waals surface area (Å²) in [7, 11) is 0. The average molecular weight is 731 g/mol. The molecule has 276 valence electrons. The fourth-order valence-corrected chi connectivity index (χ4v) is 7.21. The van der Waals surface area contributed by atoms with Crippen molar-refractivity contribution in [1.82, 2.24) is 31.2 Å². The molecule has 4 amide bonds. The smallest absolute Gasteiger partial charge is 0.287 e. The topological polar surface area (TPSA) is 175 Å². The number of thiazole rings is 1. The molecule has 2 aliphatic rings. The standard InChI is InChI=1S/C38H46N6O7S/c1-21(23-6-8-24(9-7-23)32-22(2)41-20-52-32)42-35(47)29-16-27(45)19-44(29)37(49)33(38(3,4)5)43-36(48)31-15-25-14-28(10-11-30(25)51-31)50-13-12-40-34(46)26-17-39-18-26/h6-11,14-15,20-21,26-27,29,33,39,45H,12-13,16-19H2,1-5H3,(H,40,46)(H,42,47)(H,43,48)/t21-,27+,29-,33+/m0/s1. The van der Waals surface area contributed by atoms with Crippen molar-refractivity contribution in [3.63, 3.8) is 0 Å². The van der Waals surface area contributed by atoms with Gasteiger partial charge in [-0.05, 0) is 54.7 Å². The number of benzene rings is 2. The van der Waals surface area contributed by atoms with E-state index in [0.717, 1.165) is 21.7 Å². The lowest BCUT2D eigenvalue weighted by molar-refractivity contribution is -0.142. The van der Waals surface area contributed by atoms with Gasteiger partial charge in [0, 0.05) is 31.4 Å². The molecule has 2 fully saturated rings. The van der Waals surface area contributed by atoms with E-state index in [1.54, 1.807) is 35.6 Å². The number of aromatic nitrogens is 1. The number of ether oxygens (including phenoxy) is 1. The summed E-state index contributed by atoms with van der Waals surface area (Å²) in [5.41, 5.74) is 4.43. The van der Waals surface area contributed by atoms with Gasteiger partial charge in [-0.15, -0.1) is 11.3 Å². The molecule has 2 aromatic heterocycles. The third kappa shape index (κ3) is 8.30. The molecule has 2 aromatic carbocycles. The van der Waals surface area contributed by atoms with Crippen LogP contribution in [0.5, 0.6) is 5.75 Å². The maximum absolute atomic E-state index is 14.1. The first kappa shape index (κ1) is 37.0. The minimum Gasteiger partial charge on any atom is -0.492 e. The first-order chi connectivity index (χ1) is 24.8. The Morgan fingerprint density at radius 1 is 1.08 bits per heavy atom. The van der Waals surface area contributed by atoms with Crippen LogP contribution in [-0.2, 0) is 14.4 Å². The van der Waals surface area contributed by atoms with Crippen LogP contribution in [-0.4, -0.2) is 89.6 Å². The average Bonchev–Trinajstić information content (AvgIpc) is 3.81. The molecular formula is C38H46N6O7S. The molecule has 0 aliphatic carbocycles. The lowest BCUT2D eigenvalue weighted by Crippen LogP contribution is -2.57. The monoisotopic (exact) mass is 730 g/mol. The molecular weight excluding hydrogens is 685 g/mol. The number of carbonyl (C=O) groups excluding carboxylic acids is 4. The van der Waals surface area contributed by atoms with Crippen molar-refractivity contribution < 1.29 is 33.4 Å². The summed E-state index contributed by atoms with van der Waals surface area (Å²) in [6.45, 7) is 11.3. The van der Waals surface area contributed by atoms with Crippen molar-refractivity contribution in [2.75, 3.05) is 32.8 Å². The number of fused-ring (bicyclic) bond motifs is 1. The molecule has 4 heterocycles. The normalized spacial score (nSPS) is 18.8. The molecule has 0 bridgehead atoms. The number of furan rings is 1. The number of β-amino-alcohol motifs (C(OH)–C–C–N with tert-alkyl or cyclic N) is 1. The molecule has 0 saturated carbocycles. The van der Waals surface area contributed by atoms with E-state index < -0.39 is 35.4 Å². The SMILES string of the molecule is Cc1ncsc1-c1ccc([C@H](C)NC(=O)[C@@H]2C[C@@H](O)CN2C(=O)[C@@H](NC(=O)c2cc3cc(OCCNC(=O)C4CNC4)ccc3o2)C(C)(C)C)cc1. The highest BCUT2D eigenvalue weighted by Gasteiger charge is 2.45. The van der Waals surface area contributed by atoms with Crippen molar-refractivity contribution >= 4 is 45.9 Å². The van der Waals surface area contributed by atoms with Gasteiger partial charge in [0.05, 0.1) is 40.7 Å². The third-order valence-electron chi connectivity index (χ3n) is 9.56. The van der Waals surface area contributed by atoms with Gasteiger partial charge in [-0.25, -0.2) is 4.98 Å². The molecule has 0 spiro atoms. The fraction of sp³-hybridized carbons (Fsp3) is 0.447. The number of nitrogens with one attached hydrogen (secondary N) is 4. The number of aliphatic hydroxyl groups excluding tert-OH is 1. The molecule has 0 unspecified atom stereocenters. The van der Waals surface area contributed by atoms with Gasteiger partial charge in [-0.2, -0.15) is 0 Å². The summed E-state index contributed by atoms with van der Waals surface area (Å²) in [5.74, 6) is -0.871. The molecule has 6 rings (SSSR count). The van der Waals surface area contributed by atoms with E-state index in [-0.39, 0.29) is 49.1 Å². The number of carbonyl (C=O) groups is 4. The number of aryl methyl sites for hydroxylation is 1. The van der Waals surface area contributed by atoms with Crippen LogP contribution >= 0.6 is 11.3 Å². The zero-order valence-electron chi connectivity index (χ0n) is 30.0. The van der Waals surface area contributed by atoms with Gasteiger partial charge in [0.2, 0.25) is 17.7 Å². The number of rotatable bonds is 12. The molecule has 5 N–H and O–H groups in total. The molecule has 2 saturated heterocycles. The summed E-state index contributed by atoms with van der Waals surface area (Å²) in [6, 6.07) is 12.3. The highest BCUT2D eigenvalue weighted by atomic mass is 32.1. The van der Waals surface area contributed by atoms with Crippen LogP contribution in [0.15, 0.2) is 58.5 Å². The largest absolute Gasteiger partial charge is 0.492 e. The number of hydrogen-bond acceptors (Lipinski definition) is 10. The molecule has 4 atom stereocenters. The highest BCUT2D eigenvalue weighted by Crippen LogP contribution is 2.30. The van der Waals surface area contributed by atoms with Crippen molar-refractivity contribution in [1.29, 1.82) is 0 Å². The second kappa shape index (κ2) is 15.4. The quantitative estimate of drug-likeness (QED) is 0.137. The van der Waals surface area contributed by atoms with E-state index in [1.165, 1.54) is 4.90 Å². The van der Waals surface area contributed by atoms with Crippen molar-refractivity contribution in [2.45, 2.75) is 65.3 Å². The van der Waals surface area contributed by atoms with Crippen LogP contribution < -0.4 is 26.0 Å². The zero-order chi connectivity index (χ0) is 37.2. The minimum absolute atomic E-state index is 0.00452. The van der Waals surface area contributed by atoms with Crippen molar-refractivity contribution in [3.8, 4) is 16.2 Å². The van der Waals surface area contributed by atoms with Gasteiger partial charge in [-0.1, -0.05) is 45.0 Å². The van der Waals surface area contributed by atoms with Gasteiger partial charge >= 0.3 is 0 Å². The number of likely N-dealkylation sites (tertiary alicyclic amines) is 1. The molecule has 14 heteroatoms. The van der Waals surface area contributed by atoms with Crippen LogP contribution in [0.25, 0.3) is 21.4 Å². The van der Waals surface area contributed by atoms with Gasteiger partial charge in [0.25, 0.3) is 5.91 Å². The van der Waals surface area contributed by atoms with Crippen molar-refractivity contribution in [2.24, 2.45) is 11.3 Å². The van der Waals surface area contributed by atoms with E-state index in [0.29, 0.717) is 36.4 Å². The first-order valence-corrected chi connectivity index (χ1v) is 18.4. The fourth-order valence-electron chi connectivity index (χ4n) is 6.40. The molecule has 13 nitrogen and oxygen atoms in total. The second-order valence-corrected chi connectivity index (χ2v) is 15.4. The van der Waals surface area contributed by atoms with E-state index in [1.807, 2.05) is 64.4 Å². The van der Waals surface area contributed by atoms with E-state index in [9.17, 15) is 24.3 Å². The Kier molecular flexibility index (Phi) is 11.0. The lowest BCUT2D eigenvalue weighted by atomic mass is 9.85. The summed E-state index contributed by atoms with van der Waals surface area (Å²) < 4.78 is 11.6. The second-order valence-electron chi connectivity index (χ2n) is 14.6. The Bertz CT molecular complexity index is 1930. The van der Waals surface area contributed by atoms with Crippen LogP contribution in [0.1, 0.15) is 62.0 Å². The Hall–Kier alpha value is -4.79. The predicted octanol–water partition coefficient (Wildman–Crippen LogP) is 3.56. The van der Waals surface area contributed by atoms with Gasteiger partial charge in [0.1, 0.15) is 30.0 Å². The van der Waals surface area contributed by atoms with Crippen molar-refractivity contribution in [3.05, 3.63) is 71.1 Å². The molecule has 0 radical (unpaired) electrons. The van der Waals surface area contributed by atoms with E-state index in [4.69, 9.17) is 9.15 Å². The minimum atomic E-state index is -1.03. The summed E-state index contributed by atoms with van der Waals surface area (Å²) in [6.07, 6.45) is -0.812. The Morgan fingerprint density at radius 3 is 2.48 bits per heavy atom. The van der Waals surface area contributed by atoms with Crippen LogP contribution in [0, 0.1) is 18.3 Å². The van der Waals surface area contributed by atoms with E-state index >= 15 is 0 Å². The first-order valence-electron chi connectivity index (χ1n) is 17.5. The molecule has 4 aromatic rings. The number of aliphatic hydroxyl groups is 1. The Morgan fingerprint density at radius 2 is 1.83 bits per heavy atom. The number of nitrogens with zero attached hydrogens (tertiary/aromatic N) is 2. The Labute approximate surface area is 306 Å². The van der Waals surface area contributed by atoms with Crippen LogP contribution in [0.4, 0.5) is 0 Å². The number of hydrogen-bond donors (Lipinski definition) is 5. The van der Waals surface area contributed by atoms with Gasteiger partial charge < -0.3 is 40.4 Å². The summed E-state index contributed by atoms with van der Waals surface area (Å²) >= 11 is 1.57.